The maximum absolute atomic E-state index is 12.6. The highest BCUT2D eigenvalue weighted by atomic mass is 32.2. The number of alkyl halides is 3. The van der Waals surface area contributed by atoms with Crippen LogP contribution >= 0.6 is 0 Å². The summed E-state index contributed by atoms with van der Waals surface area (Å²) in [6.45, 7) is -0.135. The Kier molecular flexibility index (Phi) is 5.97. The normalized spacial score (nSPS) is 12.6. The molecule has 0 unspecified atom stereocenters. The lowest BCUT2D eigenvalue weighted by molar-refractivity contribution is -0.274. The molecule has 0 bridgehead atoms. The number of sulfone groups is 1. The second-order valence-corrected chi connectivity index (χ2v) is 9.50. The molecule has 7 nitrogen and oxygen atoms in total. The van der Waals surface area contributed by atoms with Crippen molar-refractivity contribution in [3.8, 4) is 5.75 Å². The Morgan fingerprint density at radius 3 is 2.21 bits per heavy atom. The maximum Gasteiger partial charge on any atom is 0.573 e. The van der Waals surface area contributed by atoms with E-state index >= 15 is 0 Å². The number of hydrogen-bond acceptors (Lipinski definition) is 6. The standard InChI is InChI=1S/C16H17F3N2O5S2/c1-21(10-11-5-3-4-6-14(11)26-16(17,18)19)13-8-7-12(28(20,24)25)9-15(13)27(2,22)23/h3-9H,10H2,1-2H3,(H2,20,24,25). The molecule has 2 aromatic carbocycles. The zero-order valence-electron chi connectivity index (χ0n) is 14.8. The number of primary sulfonamides is 1. The number of para-hydroxylation sites is 1. The van der Waals surface area contributed by atoms with Gasteiger partial charge in [0.25, 0.3) is 0 Å². The Morgan fingerprint density at radius 2 is 1.68 bits per heavy atom. The van der Waals surface area contributed by atoms with Crippen molar-refractivity contribution in [2.45, 2.75) is 22.7 Å². The van der Waals surface area contributed by atoms with Crippen LogP contribution in [0.1, 0.15) is 5.56 Å². The highest BCUT2D eigenvalue weighted by Crippen LogP contribution is 2.31. The summed E-state index contributed by atoms with van der Waals surface area (Å²) in [7, 11) is -6.56. The average Bonchev–Trinajstić information content (AvgIpc) is 2.53. The van der Waals surface area contributed by atoms with Crippen molar-refractivity contribution in [2.75, 3.05) is 18.2 Å². The van der Waals surface area contributed by atoms with Crippen molar-refractivity contribution in [1.29, 1.82) is 0 Å². The molecular formula is C16H17F3N2O5S2. The van der Waals surface area contributed by atoms with Gasteiger partial charge < -0.3 is 9.64 Å². The van der Waals surface area contributed by atoms with Crippen LogP contribution in [0.4, 0.5) is 18.9 Å². The first-order valence-electron chi connectivity index (χ1n) is 7.60. The van der Waals surface area contributed by atoms with Gasteiger partial charge in [0.1, 0.15) is 5.75 Å². The molecule has 154 valence electrons. The van der Waals surface area contributed by atoms with Gasteiger partial charge in [0.05, 0.1) is 15.5 Å². The van der Waals surface area contributed by atoms with Crippen LogP contribution < -0.4 is 14.8 Å². The molecule has 0 aliphatic carbocycles. The van der Waals surface area contributed by atoms with Gasteiger partial charge in [-0.2, -0.15) is 0 Å². The minimum atomic E-state index is -4.89. The number of ether oxygens (including phenoxy) is 1. The molecule has 2 rings (SSSR count). The van der Waals surface area contributed by atoms with E-state index in [2.05, 4.69) is 4.74 Å². The van der Waals surface area contributed by atoms with Crippen LogP contribution in [0.3, 0.4) is 0 Å². The minimum absolute atomic E-state index is 0.0942. The summed E-state index contributed by atoms with van der Waals surface area (Å²) in [6.07, 6.45) is -4.00. The quantitative estimate of drug-likeness (QED) is 0.742. The summed E-state index contributed by atoms with van der Waals surface area (Å²) in [5.41, 5.74) is 0.244. The van der Waals surface area contributed by atoms with Crippen LogP contribution in [-0.4, -0.2) is 36.5 Å². The fourth-order valence-corrected chi connectivity index (χ4v) is 4.04. The second kappa shape index (κ2) is 7.60. The van der Waals surface area contributed by atoms with Crippen LogP contribution in [0.2, 0.25) is 0 Å². The van der Waals surface area contributed by atoms with Crippen molar-refractivity contribution in [3.63, 3.8) is 0 Å². The van der Waals surface area contributed by atoms with Gasteiger partial charge in [-0.3, -0.25) is 0 Å². The smallest absolute Gasteiger partial charge is 0.405 e. The van der Waals surface area contributed by atoms with E-state index in [1.165, 1.54) is 36.2 Å². The van der Waals surface area contributed by atoms with Crippen molar-refractivity contribution in [2.24, 2.45) is 5.14 Å². The predicted octanol–water partition coefficient (Wildman–Crippen LogP) is 2.27. The number of hydrogen-bond donors (Lipinski definition) is 1. The van der Waals surface area contributed by atoms with Crippen LogP contribution in [-0.2, 0) is 26.4 Å². The zero-order valence-corrected chi connectivity index (χ0v) is 16.4. The molecule has 0 spiro atoms. The molecule has 28 heavy (non-hydrogen) atoms. The first-order chi connectivity index (χ1) is 12.7. The van der Waals surface area contributed by atoms with Gasteiger partial charge in [0.15, 0.2) is 9.84 Å². The second-order valence-electron chi connectivity index (χ2n) is 5.96. The molecule has 0 fully saturated rings. The highest BCUT2D eigenvalue weighted by Gasteiger charge is 2.32. The molecule has 0 saturated heterocycles. The van der Waals surface area contributed by atoms with E-state index in [1.807, 2.05) is 0 Å². The number of nitrogens with two attached hydrogens (primary N) is 1. The molecule has 0 heterocycles. The van der Waals surface area contributed by atoms with E-state index < -0.39 is 36.9 Å². The van der Waals surface area contributed by atoms with Crippen molar-refractivity contribution in [3.05, 3.63) is 48.0 Å². The van der Waals surface area contributed by atoms with Crippen molar-refractivity contribution in [1.82, 2.24) is 0 Å². The zero-order chi connectivity index (χ0) is 21.3. The first-order valence-corrected chi connectivity index (χ1v) is 11.0. The van der Waals surface area contributed by atoms with Gasteiger partial charge in [-0.25, -0.2) is 22.0 Å². The topological polar surface area (TPSA) is 107 Å². The van der Waals surface area contributed by atoms with Crippen molar-refractivity contribution < 1.29 is 34.7 Å². The van der Waals surface area contributed by atoms with Gasteiger partial charge in [0.2, 0.25) is 10.0 Å². The number of rotatable bonds is 6. The molecule has 0 atom stereocenters. The van der Waals surface area contributed by atoms with Crippen LogP contribution in [0, 0.1) is 0 Å². The predicted molar refractivity (Wildman–Crippen MR) is 96.2 cm³/mol. The fourth-order valence-electron chi connectivity index (χ4n) is 2.48. The first kappa shape index (κ1) is 22.0. The number of anilines is 1. The van der Waals surface area contributed by atoms with Gasteiger partial charge in [-0.15, -0.1) is 13.2 Å². The number of benzene rings is 2. The third kappa shape index (κ3) is 5.59. The Balaban J connectivity index is 2.47. The monoisotopic (exact) mass is 438 g/mol. The molecule has 0 aliphatic heterocycles. The summed E-state index contributed by atoms with van der Waals surface area (Å²) in [6, 6.07) is 8.67. The van der Waals surface area contributed by atoms with Crippen LogP contribution in [0.25, 0.3) is 0 Å². The van der Waals surface area contributed by atoms with Gasteiger partial charge >= 0.3 is 6.36 Å². The molecule has 2 aromatic rings. The number of nitrogens with zero attached hydrogens (tertiary/aromatic N) is 1. The minimum Gasteiger partial charge on any atom is -0.405 e. The highest BCUT2D eigenvalue weighted by molar-refractivity contribution is 7.91. The molecule has 12 heteroatoms. The fraction of sp³-hybridized carbons (Fsp3) is 0.250. The summed E-state index contributed by atoms with van der Waals surface area (Å²) in [4.78, 5) is 0.642. The Hall–Kier alpha value is -2.31. The number of halogens is 3. The molecule has 0 aliphatic rings. The Bertz CT molecular complexity index is 1080. The van der Waals surface area contributed by atoms with Crippen LogP contribution in [0.5, 0.6) is 5.75 Å². The van der Waals surface area contributed by atoms with Crippen LogP contribution in [0.15, 0.2) is 52.3 Å². The third-order valence-corrected chi connectivity index (χ3v) is 5.71. The van der Waals surface area contributed by atoms with E-state index in [-0.39, 0.29) is 22.7 Å². The molecule has 0 saturated carbocycles. The lowest BCUT2D eigenvalue weighted by Gasteiger charge is -2.24. The van der Waals surface area contributed by atoms with Crippen molar-refractivity contribution >= 4 is 25.5 Å². The SMILES string of the molecule is CN(Cc1ccccc1OC(F)(F)F)c1ccc(S(N)(=O)=O)cc1S(C)(=O)=O. The molecule has 2 N–H and O–H groups in total. The largest absolute Gasteiger partial charge is 0.573 e. The summed E-state index contributed by atoms with van der Waals surface area (Å²) in [5, 5.41) is 5.04. The molecule has 0 radical (unpaired) electrons. The molecule has 0 aromatic heterocycles. The third-order valence-electron chi connectivity index (χ3n) is 3.68. The average molecular weight is 438 g/mol. The Labute approximate surface area is 160 Å². The van der Waals surface area contributed by atoms with Gasteiger partial charge in [-0.05, 0) is 24.3 Å². The summed E-state index contributed by atoms with van der Waals surface area (Å²) < 4.78 is 88.9. The van der Waals surface area contributed by atoms with Gasteiger partial charge in [-0.1, -0.05) is 18.2 Å². The number of sulfonamides is 1. The summed E-state index contributed by atoms with van der Waals surface area (Å²) >= 11 is 0. The van der Waals surface area contributed by atoms with E-state index in [9.17, 15) is 30.0 Å². The molecular weight excluding hydrogens is 421 g/mol. The summed E-state index contributed by atoms with van der Waals surface area (Å²) in [5.74, 6) is -0.427. The van der Waals surface area contributed by atoms with E-state index in [0.717, 1.165) is 24.5 Å². The lowest BCUT2D eigenvalue weighted by atomic mass is 10.2. The van der Waals surface area contributed by atoms with E-state index in [1.54, 1.807) is 0 Å². The molecule has 0 amide bonds. The van der Waals surface area contributed by atoms with E-state index in [4.69, 9.17) is 5.14 Å². The lowest BCUT2D eigenvalue weighted by Crippen LogP contribution is -2.22. The van der Waals surface area contributed by atoms with E-state index in [0.29, 0.717) is 0 Å². The Morgan fingerprint density at radius 1 is 1.07 bits per heavy atom. The maximum atomic E-state index is 12.6. The van der Waals surface area contributed by atoms with Gasteiger partial charge in [0, 0.05) is 25.4 Å².